The Morgan fingerprint density at radius 3 is 2.19 bits per heavy atom. The molecule has 0 spiro atoms. The fourth-order valence-electron chi connectivity index (χ4n) is 4.14. The second kappa shape index (κ2) is 9.48. The molecule has 0 saturated carbocycles. The van der Waals surface area contributed by atoms with Crippen molar-refractivity contribution in [2.75, 3.05) is 43.1 Å². The molecule has 1 fully saturated rings. The molecule has 0 amide bonds. The molecule has 8 heteroatoms. The van der Waals surface area contributed by atoms with Gasteiger partial charge in [0.2, 0.25) is 0 Å². The molecular weight excluding hydrogens is 404 g/mol. The highest BCUT2D eigenvalue weighted by atomic mass is 16.5. The summed E-state index contributed by atoms with van der Waals surface area (Å²) in [5, 5.41) is 4.27. The summed E-state index contributed by atoms with van der Waals surface area (Å²) in [6.45, 7) is 8.23. The van der Waals surface area contributed by atoms with E-state index in [1.54, 1.807) is 22.7 Å². The number of rotatable bonds is 7. The minimum Gasteiger partial charge on any atom is -0.496 e. The van der Waals surface area contributed by atoms with E-state index in [-0.39, 0.29) is 11.7 Å². The van der Waals surface area contributed by atoms with E-state index in [9.17, 15) is 4.79 Å². The number of aromatic nitrogens is 3. The van der Waals surface area contributed by atoms with Crippen LogP contribution in [-0.2, 0) is 6.54 Å². The molecule has 4 rings (SSSR count). The van der Waals surface area contributed by atoms with Gasteiger partial charge in [0.05, 0.1) is 18.8 Å². The van der Waals surface area contributed by atoms with E-state index in [1.807, 2.05) is 25.1 Å². The van der Waals surface area contributed by atoms with Gasteiger partial charge in [0.25, 0.3) is 0 Å². The summed E-state index contributed by atoms with van der Waals surface area (Å²) < 4.78 is 8.54. The molecular formula is C24H32N6O2. The van der Waals surface area contributed by atoms with Crippen LogP contribution in [0.3, 0.4) is 0 Å². The zero-order valence-electron chi connectivity index (χ0n) is 19.1. The first-order chi connectivity index (χ1) is 15.5. The highest BCUT2D eigenvalue weighted by Crippen LogP contribution is 2.26. The lowest BCUT2D eigenvalue weighted by molar-refractivity contribution is 0.410. The first-order valence-electron chi connectivity index (χ1n) is 11.2. The van der Waals surface area contributed by atoms with E-state index in [4.69, 9.17) is 10.5 Å². The molecule has 1 aliphatic rings. The lowest BCUT2D eigenvalue weighted by Gasteiger charge is -2.37. The molecule has 0 aliphatic carbocycles. The number of hydrogen-bond donors (Lipinski definition) is 1. The van der Waals surface area contributed by atoms with E-state index < -0.39 is 0 Å². The molecule has 0 bridgehead atoms. The third kappa shape index (κ3) is 4.23. The summed E-state index contributed by atoms with van der Waals surface area (Å²) in [6.07, 6.45) is 2.47. The number of hydrogen-bond acceptors (Lipinski definition) is 6. The molecule has 1 atom stereocenters. The maximum absolute atomic E-state index is 12.6. The molecule has 1 unspecified atom stereocenters. The highest BCUT2D eigenvalue weighted by molar-refractivity contribution is 5.56. The zero-order chi connectivity index (χ0) is 22.7. The van der Waals surface area contributed by atoms with Gasteiger partial charge in [-0.25, -0.2) is 14.0 Å². The van der Waals surface area contributed by atoms with Gasteiger partial charge in [0.15, 0.2) is 0 Å². The average Bonchev–Trinajstić information content (AvgIpc) is 3.24. The largest absolute Gasteiger partial charge is 0.496 e. The number of ether oxygens (including phenoxy) is 1. The smallest absolute Gasteiger partial charge is 0.350 e. The van der Waals surface area contributed by atoms with Crippen LogP contribution in [0.15, 0.2) is 53.6 Å². The number of piperazine rings is 1. The number of benzene rings is 2. The van der Waals surface area contributed by atoms with Gasteiger partial charge in [-0.2, -0.15) is 5.10 Å². The zero-order valence-corrected chi connectivity index (χ0v) is 19.1. The minimum absolute atomic E-state index is 0.0888. The summed E-state index contributed by atoms with van der Waals surface area (Å²) in [4.78, 5) is 17.4. The predicted molar refractivity (Wildman–Crippen MR) is 128 cm³/mol. The van der Waals surface area contributed by atoms with Crippen LogP contribution in [0.1, 0.15) is 31.9 Å². The summed E-state index contributed by atoms with van der Waals surface area (Å²) in [5.74, 6) is 0.837. The second-order valence-corrected chi connectivity index (χ2v) is 8.18. The number of anilines is 2. The molecule has 1 aliphatic heterocycles. The molecule has 3 aromatic rings. The second-order valence-electron chi connectivity index (χ2n) is 8.18. The maximum atomic E-state index is 12.6. The average molecular weight is 437 g/mol. The van der Waals surface area contributed by atoms with Crippen LogP contribution in [0, 0.1) is 0 Å². The van der Waals surface area contributed by atoms with E-state index in [0.29, 0.717) is 6.54 Å². The van der Waals surface area contributed by atoms with Crippen molar-refractivity contribution in [2.45, 2.75) is 32.9 Å². The molecule has 0 radical (unpaired) electrons. The summed E-state index contributed by atoms with van der Waals surface area (Å²) >= 11 is 0. The van der Waals surface area contributed by atoms with Gasteiger partial charge < -0.3 is 20.3 Å². The molecule has 2 aromatic carbocycles. The van der Waals surface area contributed by atoms with Crippen LogP contribution in [0.5, 0.6) is 5.75 Å². The Morgan fingerprint density at radius 1 is 1.00 bits per heavy atom. The highest BCUT2D eigenvalue weighted by Gasteiger charge is 2.19. The lowest BCUT2D eigenvalue weighted by Crippen LogP contribution is -2.46. The van der Waals surface area contributed by atoms with Crippen LogP contribution in [0.25, 0.3) is 5.69 Å². The van der Waals surface area contributed by atoms with Gasteiger partial charge in [-0.1, -0.05) is 6.92 Å². The summed E-state index contributed by atoms with van der Waals surface area (Å²) in [6, 6.07) is 14.4. The Balaban J connectivity index is 1.43. The van der Waals surface area contributed by atoms with E-state index in [2.05, 4.69) is 46.1 Å². The number of nitrogens with two attached hydrogens (primary N) is 1. The van der Waals surface area contributed by atoms with Crippen molar-refractivity contribution < 1.29 is 4.74 Å². The molecule has 1 saturated heterocycles. The van der Waals surface area contributed by atoms with Crippen LogP contribution in [-0.4, -0.2) is 47.6 Å². The lowest BCUT2D eigenvalue weighted by atomic mass is 10.1. The Bertz CT molecular complexity index is 1100. The Labute approximate surface area is 188 Å². The van der Waals surface area contributed by atoms with Crippen molar-refractivity contribution in [1.82, 2.24) is 14.3 Å². The first-order valence-corrected chi connectivity index (χ1v) is 11.2. The minimum atomic E-state index is -0.0999. The normalized spacial score (nSPS) is 15.1. The summed E-state index contributed by atoms with van der Waals surface area (Å²) in [5.41, 5.74) is 9.97. The van der Waals surface area contributed by atoms with Gasteiger partial charge >= 0.3 is 5.69 Å². The van der Waals surface area contributed by atoms with Crippen LogP contribution >= 0.6 is 0 Å². The van der Waals surface area contributed by atoms with Crippen molar-refractivity contribution in [3.05, 3.63) is 64.8 Å². The molecule has 2 N–H and O–H groups in total. The van der Waals surface area contributed by atoms with Gasteiger partial charge in [-0.05, 0) is 55.8 Å². The molecule has 8 nitrogen and oxygen atoms in total. The van der Waals surface area contributed by atoms with E-state index >= 15 is 0 Å². The van der Waals surface area contributed by atoms with Gasteiger partial charge in [-0.3, -0.25) is 0 Å². The first kappa shape index (κ1) is 22.0. The number of nitrogens with zero attached hydrogens (tertiary/aromatic N) is 5. The van der Waals surface area contributed by atoms with Crippen molar-refractivity contribution >= 4 is 11.4 Å². The Kier molecular flexibility index (Phi) is 6.50. The Morgan fingerprint density at radius 2 is 1.59 bits per heavy atom. The quantitative estimate of drug-likeness (QED) is 0.613. The van der Waals surface area contributed by atoms with Gasteiger partial charge in [0, 0.05) is 49.7 Å². The topological polar surface area (TPSA) is 81.6 Å². The maximum Gasteiger partial charge on any atom is 0.350 e. The van der Waals surface area contributed by atoms with E-state index in [1.165, 1.54) is 5.69 Å². The summed E-state index contributed by atoms with van der Waals surface area (Å²) in [7, 11) is 1.67. The van der Waals surface area contributed by atoms with Crippen molar-refractivity contribution in [2.24, 2.45) is 5.73 Å². The Hall–Kier alpha value is -3.26. The van der Waals surface area contributed by atoms with Crippen molar-refractivity contribution in [1.29, 1.82) is 0 Å². The molecule has 32 heavy (non-hydrogen) atoms. The van der Waals surface area contributed by atoms with E-state index in [0.717, 1.165) is 55.3 Å². The molecule has 2 heterocycles. The fraction of sp³-hybridized carbons (Fsp3) is 0.417. The van der Waals surface area contributed by atoms with Gasteiger partial charge in [-0.15, -0.1) is 0 Å². The van der Waals surface area contributed by atoms with Crippen molar-refractivity contribution in [3.8, 4) is 11.4 Å². The predicted octanol–water partition coefficient (Wildman–Crippen LogP) is 2.80. The third-order valence-electron chi connectivity index (χ3n) is 6.32. The van der Waals surface area contributed by atoms with Gasteiger partial charge in [0.1, 0.15) is 12.1 Å². The SMILES string of the molecule is CCC(C)n1ncn(-c2ccc(N3CCN(c4ccc(OC)c(CN)c4)CC3)cc2)c1=O. The van der Waals surface area contributed by atoms with Crippen LogP contribution in [0.4, 0.5) is 11.4 Å². The number of methoxy groups -OCH3 is 1. The molecule has 1 aromatic heterocycles. The fourth-order valence-corrected chi connectivity index (χ4v) is 4.14. The van der Waals surface area contributed by atoms with Crippen molar-refractivity contribution in [3.63, 3.8) is 0 Å². The standard InChI is InChI=1S/C24H32N6O2/c1-4-18(2)30-24(31)29(17-26-30)21-7-5-20(6-8-21)27-11-13-28(14-12-27)22-9-10-23(32-3)19(15-22)16-25/h5-10,15,17-18H,4,11-14,16,25H2,1-3H3. The molecule has 170 valence electrons. The third-order valence-corrected chi connectivity index (χ3v) is 6.32. The van der Waals surface area contributed by atoms with Crippen LogP contribution < -0.4 is 26.0 Å². The monoisotopic (exact) mass is 436 g/mol. The van der Waals surface area contributed by atoms with Crippen LogP contribution in [0.2, 0.25) is 0 Å².